The minimum absolute atomic E-state index is 0.331. The second-order valence-electron chi connectivity index (χ2n) is 4.18. The monoisotopic (exact) mass is 225 g/mol. The molecule has 1 aromatic heterocycles. The van der Waals surface area contributed by atoms with Crippen LogP contribution in [0.15, 0.2) is 4.52 Å². The summed E-state index contributed by atoms with van der Waals surface area (Å²) < 4.78 is 10.6. The summed E-state index contributed by atoms with van der Waals surface area (Å²) in [6, 6.07) is 0.339. The van der Waals surface area contributed by atoms with Crippen LogP contribution in [0.3, 0.4) is 0 Å². The van der Waals surface area contributed by atoms with Crippen molar-refractivity contribution in [3.8, 4) is 0 Å². The third kappa shape index (κ3) is 2.80. The molecule has 2 heterocycles. The molecule has 16 heavy (non-hydrogen) atoms. The van der Waals surface area contributed by atoms with Crippen LogP contribution in [0.2, 0.25) is 0 Å². The van der Waals surface area contributed by atoms with Crippen molar-refractivity contribution in [2.24, 2.45) is 0 Å². The van der Waals surface area contributed by atoms with Crippen molar-refractivity contribution in [1.29, 1.82) is 0 Å². The van der Waals surface area contributed by atoms with Crippen molar-refractivity contribution in [3.05, 3.63) is 11.7 Å². The molecule has 2 rings (SSSR count). The molecule has 0 unspecified atom stereocenters. The van der Waals surface area contributed by atoms with Gasteiger partial charge in [0.2, 0.25) is 5.89 Å². The van der Waals surface area contributed by atoms with Crippen molar-refractivity contribution in [1.82, 2.24) is 15.5 Å². The van der Waals surface area contributed by atoms with Gasteiger partial charge >= 0.3 is 0 Å². The molecular weight excluding hydrogens is 206 g/mol. The van der Waals surface area contributed by atoms with Crippen LogP contribution in [0.4, 0.5) is 0 Å². The summed E-state index contributed by atoms with van der Waals surface area (Å²) in [6.45, 7) is 5.67. The normalized spacial score (nSPS) is 22.5. The Morgan fingerprint density at radius 2 is 2.44 bits per heavy atom. The number of hydrogen-bond donors (Lipinski definition) is 1. The second-order valence-corrected chi connectivity index (χ2v) is 4.18. The largest absolute Gasteiger partial charge is 0.377 e. The predicted octanol–water partition coefficient (Wildman–Crippen LogP) is 1.29. The van der Waals surface area contributed by atoms with E-state index in [-0.39, 0.29) is 0 Å². The molecule has 1 N–H and O–H groups in total. The smallest absolute Gasteiger partial charge is 0.226 e. The Morgan fingerprint density at radius 3 is 3.06 bits per heavy atom. The average molecular weight is 225 g/mol. The van der Waals surface area contributed by atoms with Crippen LogP contribution >= 0.6 is 0 Å². The van der Waals surface area contributed by atoms with Crippen molar-refractivity contribution < 1.29 is 9.26 Å². The standard InChI is InChI=1S/C11H19N3O2/c1-3-11-13-10(14-16-11)7-12-8(2)9-5-4-6-15-9/h8-9,12H,3-7H2,1-2H3/t8-,9-/m1/s1. The lowest BCUT2D eigenvalue weighted by molar-refractivity contribution is 0.0829. The summed E-state index contributed by atoms with van der Waals surface area (Å²) in [5.74, 6) is 1.42. The minimum Gasteiger partial charge on any atom is -0.377 e. The summed E-state index contributed by atoms with van der Waals surface area (Å²) in [4.78, 5) is 4.25. The van der Waals surface area contributed by atoms with Gasteiger partial charge in [-0.1, -0.05) is 12.1 Å². The third-order valence-corrected chi connectivity index (χ3v) is 2.92. The summed E-state index contributed by atoms with van der Waals surface area (Å²) in [7, 11) is 0. The highest BCUT2D eigenvalue weighted by Gasteiger charge is 2.22. The van der Waals surface area contributed by atoms with Crippen LogP contribution in [0.1, 0.15) is 38.4 Å². The van der Waals surface area contributed by atoms with Crippen LogP contribution < -0.4 is 5.32 Å². The number of aryl methyl sites for hydroxylation is 1. The number of hydrogen-bond acceptors (Lipinski definition) is 5. The molecule has 5 nitrogen and oxygen atoms in total. The van der Waals surface area contributed by atoms with E-state index in [1.807, 2.05) is 6.92 Å². The molecule has 0 radical (unpaired) electrons. The molecule has 0 aromatic carbocycles. The van der Waals surface area contributed by atoms with E-state index in [9.17, 15) is 0 Å². The molecule has 90 valence electrons. The Labute approximate surface area is 95.6 Å². The van der Waals surface area contributed by atoms with Gasteiger partial charge in [-0.05, 0) is 19.8 Å². The topological polar surface area (TPSA) is 60.2 Å². The first-order chi connectivity index (χ1) is 7.79. The number of nitrogens with zero attached hydrogens (tertiary/aromatic N) is 2. The molecule has 1 aromatic rings. The lowest BCUT2D eigenvalue weighted by Crippen LogP contribution is -2.36. The zero-order chi connectivity index (χ0) is 11.4. The predicted molar refractivity (Wildman–Crippen MR) is 59.0 cm³/mol. The number of nitrogens with one attached hydrogen (secondary N) is 1. The molecule has 1 fully saturated rings. The highest BCUT2D eigenvalue weighted by Crippen LogP contribution is 2.15. The summed E-state index contributed by atoms with van der Waals surface area (Å²) in [5, 5.41) is 7.26. The zero-order valence-electron chi connectivity index (χ0n) is 9.90. The number of aromatic nitrogens is 2. The van der Waals surface area contributed by atoms with Gasteiger partial charge in [-0.15, -0.1) is 0 Å². The zero-order valence-corrected chi connectivity index (χ0v) is 9.90. The first-order valence-corrected chi connectivity index (χ1v) is 5.96. The first kappa shape index (κ1) is 11.5. The van der Waals surface area contributed by atoms with Crippen molar-refractivity contribution in [2.75, 3.05) is 6.61 Å². The van der Waals surface area contributed by atoms with Crippen LogP contribution in [-0.4, -0.2) is 28.9 Å². The maximum absolute atomic E-state index is 5.60. The van der Waals surface area contributed by atoms with Crippen molar-refractivity contribution in [2.45, 2.75) is 51.8 Å². The molecule has 0 spiro atoms. The Bertz CT molecular complexity index is 321. The van der Waals surface area contributed by atoms with E-state index in [4.69, 9.17) is 9.26 Å². The lowest BCUT2D eigenvalue weighted by atomic mass is 10.1. The van der Waals surface area contributed by atoms with E-state index < -0.39 is 0 Å². The average Bonchev–Trinajstić information content (AvgIpc) is 2.96. The molecule has 1 aliphatic heterocycles. The van der Waals surface area contributed by atoms with Gasteiger partial charge in [0.15, 0.2) is 5.82 Å². The maximum Gasteiger partial charge on any atom is 0.226 e. The fourth-order valence-electron chi connectivity index (χ4n) is 1.89. The fourth-order valence-corrected chi connectivity index (χ4v) is 1.89. The van der Waals surface area contributed by atoms with Gasteiger partial charge in [0.1, 0.15) is 0 Å². The quantitative estimate of drug-likeness (QED) is 0.818. The third-order valence-electron chi connectivity index (χ3n) is 2.92. The van der Waals surface area contributed by atoms with Gasteiger partial charge in [0, 0.05) is 19.1 Å². The Balaban J connectivity index is 1.77. The SMILES string of the molecule is CCc1nc(CN[C@H](C)[C@H]2CCCO2)no1. The van der Waals surface area contributed by atoms with Crippen LogP contribution in [0.5, 0.6) is 0 Å². The van der Waals surface area contributed by atoms with Gasteiger partial charge in [-0.3, -0.25) is 0 Å². The van der Waals surface area contributed by atoms with Crippen LogP contribution in [-0.2, 0) is 17.7 Å². The number of ether oxygens (including phenoxy) is 1. The Kier molecular flexibility index (Phi) is 3.90. The van der Waals surface area contributed by atoms with Gasteiger partial charge < -0.3 is 14.6 Å². The van der Waals surface area contributed by atoms with Gasteiger partial charge in [0.25, 0.3) is 0 Å². The lowest BCUT2D eigenvalue weighted by Gasteiger charge is -2.18. The van der Waals surface area contributed by atoms with E-state index in [0.717, 1.165) is 25.3 Å². The molecule has 1 aliphatic rings. The van der Waals surface area contributed by atoms with E-state index in [0.29, 0.717) is 24.6 Å². The highest BCUT2D eigenvalue weighted by atomic mass is 16.5. The Hall–Kier alpha value is -0.940. The molecule has 0 aliphatic carbocycles. The van der Waals surface area contributed by atoms with E-state index in [2.05, 4.69) is 22.4 Å². The van der Waals surface area contributed by atoms with Gasteiger partial charge in [-0.2, -0.15) is 4.98 Å². The Morgan fingerprint density at radius 1 is 1.56 bits per heavy atom. The fraction of sp³-hybridized carbons (Fsp3) is 0.818. The van der Waals surface area contributed by atoms with E-state index in [1.165, 1.54) is 6.42 Å². The molecular formula is C11H19N3O2. The van der Waals surface area contributed by atoms with Gasteiger partial charge in [-0.25, -0.2) is 0 Å². The van der Waals surface area contributed by atoms with Gasteiger partial charge in [0.05, 0.1) is 12.6 Å². The minimum atomic E-state index is 0.331. The number of rotatable bonds is 5. The molecule has 2 atom stereocenters. The van der Waals surface area contributed by atoms with Crippen LogP contribution in [0, 0.1) is 0 Å². The second kappa shape index (κ2) is 5.41. The van der Waals surface area contributed by atoms with Crippen molar-refractivity contribution in [3.63, 3.8) is 0 Å². The summed E-state index contributed by atoms with van der Waals surface area (Å²) in [5.41, 5.74) is 0. The molecule has 0 amide bonds. The van der Waals surface area contributed by atoms with E-state index in [1.54, 1.807) is 0 Å². The molecule has 1 saturated heterocycles. The van der Waals surface area contributed by atoms with Crippen molar-refractivity contribution >= 4 is 0 Å². The summed E-state index contributed by atoms with van der Waals surface area (Å²) >= 11 is 0. The highest BCUT2D eigenvalue weighted by molar-refractivity contribution is 4.87. The summed E-state index contributed by atoms with van der Waals surface area (Å²) in [6.07, 6.45) is 3.42. The van der Waals surface area contributed by atoms with Crippen LogP contribution in [0.25, 0.3) is 0 Å². The molecule has 0 saturated carbocycles. The maximum atomic E-state index is 5.60. The van der Waals surface area contributed by atoms with E-state index >= 15 is 0 Å². The molecule has 0 bridgehead atoms. The first-order valence-electron chi connectivity index (χ1n) is 5.96. The molecule has 5 heteroatoms.